The van der Waals surface area contributed by atoms with Crippen LogP contribution < -0.4 is 44.2 Å². The second-order valence-corrected chi connectivity index (χ2v) is 8.78. The van der Waals surface area contributed by atoms with E-state index in [1.165, 1.54) is 0 Å². The Kier molecular flexibility index (Phi) is 17.6. The van der Waals surface area contributed by atoms with Crippen molar-refractivity contribution in [3.63, 3.8) is 0 Å². The van der Waals surface area contributed by atoms with Gasteiger partial charge in [0, 0.05) is 12.3 Å². The molecule has 0 saturated heterocycles. The minimum Gasteiger partial charge on any atom is -0.481 e. The lowest BCUT2D eigenvalue weighted by atomic mass is 10.1. The molecule has 0 unspecified atom stereocenters. The van der Waals surface area contributed by atoms with E-state index >= 15 is 0 Å². The van der Waals surface area contributed by atoms with Crippen molar-refractivity contribution in [1.29, 1.82) is 0 Å². The lowest BCUT2D eigenvalue weighted by Crippen LogP contribution is -2.55. The first-order valence-electron chi connectivity index (χ1n) is 12.1. The minimum absolute atomic E-state index is 0.0133. The number of nitrogens with zero attached hydrogens (tertiary/aromatic N) is 1. The monoisotopic (exact) mass is 577 g/mol. The van der Waals surface area contributed by atoms with E-state index < -0.39 is 72.7 Å². The molecule has 0 bridgehead atoms. The van der Waals surface area contributed by atoms with Crippen molar-refractivity contribution in [3.05, 3.63) is 0 Å². The number of nitrogens with two attached hydrogens (primary N) is 4. The van der Waals surface area contributed by atoms with Gasteiger partial charge in [-0.2, -0.15) is 12.6 Å². The van der Waals surface area contributed by atoms with Gasteiger partial charge < -0.3 is 54.4 Å². The number of guanidine groups is 1. The average Bonchev–Trinajstić information content (AvgIpc) is 2.86. The SMILES string of the molecule is NCCCC[C@H](NC(=O)[C@H](CC(=O)O)NC(=O)CNC(=O)[C@H](CCCN=C(N)N)NC(=O)[C@@H](N)CS)C(=O)O. The van der Waals surface area contributed by atoms with Crippen LogP contribution >= 0.6 is 12.6 Å². The van der Waals surface area contributed by atoms with Gasteiger partial charge in [-0.3, -0.25) is 29.0 Å². The number of nitrogens with one attached hydrogen (secondary N) is 4. The Morgan fingerprint density at radius 3 is 1.97 bits per heavy atom. The molecule has 17 nitrogen and oxygen atoms in total. The summed E-state index contributed by atoms with van der Waals surface area (Å²) in [5.41, 5.74) is 21.5. The van der Waals surface area contributed by atoms with Gasteiger partial charge >= 0.3 is 11.9 Å². The maximum atomic E-state index is 12.7. The number of carboxylic acid groups (broad SMARTS) is 2. The summed E-state index contributed by atoms with van der Waals surface area (Å²) in [4.78, 5) is 76.2. The van der Waals surface area contributed by atoms with Crippen LogP contribution in [0.2, 0.25) is 0 Å². The van der Waals surface area contributed by atoms with Gasteiger partial charge in [-0.25, -0.2) is 4.79 Å². The van der Waals surface area contributed by atoms with Gasteiger partial charge in [-0.15, -0.1) is 0 Å². The largest absolute Gasteiger partial charge is 0.481 e. The van der Waals surface area contributed by atoms with Crippen LogP contribution in [0.15, 0.2) is 4.99 Å². The fourth-order valence-corrected chi connectivity index (χ4v) is 3.24. The number of carboxylic acids is 2. The third kappa shape index (κ3) is 16.0. The van der Waals surface area contributed by atoms with Crippen LogP contribution in [0.1, 0.15) is 38.5 Å². The summed E-state index contributed by atoms with van der Waals surface area (Å²) in [7, 11) is 0. The highest BCUT2D eigenvalue weighted by atomic mass is 32.1. The van der Waals surface area contributed by atoms with Crippen molar-refractivity contribution in [2.24, 2.45) is 27.9 Å². The molecule has 0 rings (SSSR count). The Balaban J connectivity index is 5.24. The zero-order valence-electron chi connectivity index (χ0n) is 21.4. The number of unbranched alkanes of at least 4 members (excludes halogenated alkanes) is 1. The number of carbonyl (C=O) groups excluding carboxylic acids is 4. The van der Waals surface area contributed by atoms with Crippen LogP contribution in [0.4, 0.5) is 0 Å². The van der Waals surface area contributed by atoms with Crippen molar-refractivity contribution in [1.82, 2.24) is 21.3 Å². The summed E-state index contributed by atoms with van der Waals surface area (Å²) >= 11 is 3.93. The third-order valence-corrected chi connectivity index (χ3v) is 5.52. The highest BCUT2D eigenvalue weighted by molar-refractivity contribution is 7.80. The van der Waals surface area contributed by atoms with E-state index in [0.717, 1.165) is 0 Å². The fraction of sp³-hybridized carbons (Fsp3) is 0.667. The molecule has 0 spiro atoms. The molecule has 18 heteroatoms. The van der Waals surface area contributed by atoms with Crippen LogP contribution in [-0.2, 0) is 28.8 Å². The second kappa shape index (κ2) is 19.4. The van der Waals surface area contributed by atoms with Gasteiger partial charge in [0.25, 0.3) is 0 Å². The minimum atomic E-state index is -1.62. The van der Waals surface area contributed by atoms with E-state index in [-0.39, 0.29) is 37.5 Å². The molecule has 4 amide bonds. The molecule has 0 radical (unpaired) electrons. The van der Waals surface area contributed by atoms with E-state index in [9.17, 15) is 33.9 Å². The molecular formula is C21H39N9O8S. The van der Waals surface area contributed by atoms with Crippen LogP contribution in [0.25, 0.3) is 0 Å². The Bertz CT molecular complexity index is 885. The maximum Gasteiger partial charge on any atom is 0.326 e. The summed E-state index contributed by atoms with van der Waals surface area (Å²) in [6, 6.07) is -5.05. The molecule has 0 fully saturated rings. The molecule has 14 N–H and O–H groups in total. The lowest BCUT2D eigenvalue weighted by Gasteiger charge is -2.22. The predicted octanol–water partition coefficient (Wildman–Crippen LogP) is -4.44. The molecule has 0 aliphatic heterocycles. The zero-order valence-corrected chi connectivity index (χ0v) is 22.3. The first-order valence-corrected chi connectivity index (χ1v) is 12.7. The van der Waals surface area contributed by atoms with E-state index in [1.807, 2.05) is 0 Å². The topological polar surface area (TPSA) is 307 Å². The molecule has 0 aromatic heterocycles. The van der Waals surface area contributed by atoms with Crippen molar-refractivity contribution in [3.8, 4) is 0 Å². The van der Waals surface area contributed by atoms with Crippen LogP contribution in [0.5, 0.6) is 0 Å². The lowest BCUT2D eigenvalue weighted by molar-refractivity contribution is -0.143. The van der Waals surface area contributed by atoms with Crippen LogP contribution in [0, 0.1) is 0 Å². The maximum absolute atomic E-state index is 12.7. The van der Waals surface area contributed by atoms with Crippen LogP contribution in [-0.4, -0.2) is 101 Å². The van der Waals surface area contributed by atoms with E-state index in [4.69, 9.17) is 28.0 Å². The average molecular weight is 578 g/mol. The Morgan fingerprint density at radius 1 is 0.821 bits per heavy atom. The first kappa shape index (κ1) is 35.4. The summed E-state index contributed by atoms with van der Waals surface area (Å²) in [6.07, 6.45) is 0.500. The van der Waals surface area contributed by atoms with Crippen LogP contribution in [0.3, 0.4) is 0 Å². The summed E-state index contributed by atoms with van der Waals surface area (Å²) in [5, 5.41) is 27.6. The van der Waals surface area contributed by atoms with Crippen molar-refractivity contribution in [2.45, 2.75) is 62.7 Å². The number of amides is 4. The van der Waals surface area contributed by atoms with Crippen molar-refractivity contribution < 1.29 is 39.0 Å². The number of rotatable bonds is 20. The molecule has 4 atom stereocenters. The quantitative estimate of drug-likeness (QED) is 0.0282. The zero-order chi connectivity index (χ0) is 30.0. The highest BCUT2D eigenvalue weighted by Gasteiger charge is 2.29. The van der Waals surface area contributed by atoms with Gasteiger partial charge in [0.2, 0.25) is 23.6 Å². The number of carbonyl (C=O) groups is 6. The number of thiol groups is 1. The Hall–Kier alpha value is -3.64. The predicted molar refractivity (Wildman–Crippen MR) is 143 cm³/mol. The van der Waals surface area contributed by atoms with Gasteiger partial charge in [-0.1, -0.05) is 0 Å². The Morgan fingerprint density at radius 2 is 1.44 bits per heavy atom. The molecule has 0 heterocycles. The fourth-order valence-electron chi connectivity index (χ4n) is 3.08. The third-order valence-electron chi connectivity index (χ3n) is 5.13. The molecule has 0 aliphatic carbocycles. The molecule has 39 heavy (non-hydrogen) atoms. The summed E-state index contributed by atoms with van der Waals surface area (Å²) < 4.78 is 0. The van der Waals surface area contributed by atoms with Crippen molar-refractivity contribution >= 4 is 54.2 Å². The standard InChI is InChI=1S/C21H39N9O8S/c22-6-2-1-4-13(20(37)38)30-19(36)14(8-16(32)33)28-15(31)9-27-18(35)12(5-3-7-26-21(24)25)29-17(34)11(23)10-39/h11-14,39H,1-10,22-23H2,(H,27,35)(H,28,31)(H,29,34)(H,30,36)(H,32,33)(H,37,38)(H4,24,25,26)/t11-,12-,13-,14-/m0/s1. The molecule has 0 aliphatic rings. The number of aliphatic imine (C=N–C) groups is 1. The summed E-state index contributed by atoms with van der Waals surface area (Å²) in [6.45, 7) is -0.191. The second-order valence-electron chi connectivity index (χ2n) is 8.42. The van der Waals surface area contributed by atoms with Crippen molar-refractivity contribution in [2.75, 3.05) is 25.4 Å². The highest BCUT2D eigenvalue weighted by Crippen LogP contribution is 2.03. The van der Waals surface area contributed by atoms with Gasteiger partial charge in [0.15, 0.2) is 5.96 Å². The normalized spacial score (nSPS) is 13.6. The number of hydrogen-bond donors (Lipinski definition) is 11. The van der Waals surface area contributed by atoms with E-state index in [2.05, 4.69) is 38.9 Å². The van der Waals surface area contributed by atoms with E-state index in [1.54, 1.807) is 0 Å². The molecule has 0 aromatic rings. The number of hydrogen-bond acceptors (Lipinski definition) is 10. The smallest absolute Gasteiger partial charge is 0.326 e. The Labute approximate surface area is 230 Å². The molecular weight excluding hydrogens is 538 g/mol. The molecule has 0 aromatic carbocycles. The molecule has 222 valence electrons. The first-order chi connectivity index (χ1) is 18.3. The van der Waals surface area contributed by atoms with Gasteiger partial charge in [0.1, 0.15) is 18.1 Å². The summed E-state index contributed by atoms with van der Waals surface area (Å²) in [5.74, 6) is -6.29. The van der Waals surface area contributed by atoms with Gasteiger partial charge in [0.05, 0.1) is 19.0 Å². The van der Waals surface area contributed by atoms with E-state index in [0.29, 0.717) is 19.4 Å². The number of aliphatic carboxylic acids is 2. The van der Waals surface area contributed by atoms with Gasteiger partial charge in [-0.05, 0) is 38.6 Å². The molecule has 0 saturated carbocycles.